The van der Waals surface area contributed by atoms with Crippen LogP contribution in [0.25, 0.3) is 11.0 Å². The summed E-state index contributed by atoms with van der Waals surface area (Å²) in [5.41, 5.74) is 9.19. The highest BCUT2D eigenvalue weighted by atomic mass is 15.0. The number of anilines is 1. The molecule has 116 valence electrons. The van der Waals surface area contributed by atoms with Crippen molar-refractivity contribution in [3.8, 4) is 0 Å². The molecular formula is C18H29N3. The van der Waals surface area contributed by atoms with Crippen LogP contribution in [0.1, 0.15) is 70.3 Å². The summed E-state index contributed by atoms with van der Waals surface area (Å²) in [6.45, 7) is 2.27. The first-order valence-corrected chi connectivity index (χ1v) is 8.54. The quantitative estimate of drug-likeness (QED) is 0.589. The van der Waals surface area contributed by atoms with Crippen LogP contribution in [-0.2, 0) is 6.42 Å². The maximum Gasteiger partial charge on any atom is 0.198 e. The molecule has 0 aliphatic carbocycles. The molecule has 0 unspecified atom stereocenters. The number of nitrogens with zero attached hydrogens (tertiary/aromatic N) is 1. The lowest BCUT2D eigenvalue weighted by molar-refractivity contribution is 0.565. The minimum absolute atomic E-state index is 0.518. The van der Waals surface area contributed by atoms with Crippen LogP contribution < -0.4 is 5.73 Å². The van der Waals surface area contributed by atoms with Crippen LogP contribution in [0.2, 0.25) is 0 Å². The van der Waals surface area contributed by atoms with Gasteiger partial charge in [-0.05, 0) is 24.5 Å². The Labute approximate surface area is 128 Å². The van der Waals surface area contributed by atoms with Gasteiger partial charge in [-0.15, -0.1) is 0 Å². The number of unbranched alkanes of at least 4 members (excludes halogenated alkanes) is 8. The number of rotatable bonds is 10. The van der Waals surface area contributed by atoms with Crippen molar-refractivity contribution < 1.29 is 0 Å². The predicted molar refractivity (Wildman–Crippen MR) is 91.4 cm³/mol. The van der Waals surface area contributed by atoms with Crippen LogP contribution in [-0.4, -0.2) is 9.97 Å². The van der Waals surface area contributed by atoms with E-state index in [2.05, 4.69) is 29.0 Å². The Morgan fingerprint density at radius 3 is 2.33 bits per heavy atom. The van der Waals surface area contributed by atoms with Crippen LogP contribution in [0, 0.1) is 0 Å². The molecule has 2 aromatic rings. The van der Waals surface area contributed by atoms with Gasteiger partial charge in [0, 0.05) is 0 Å². The van der Waals surface area contributed by atoms with E-state index in [1.54, 1.807) is 0 Å². The summed E-state index contributed by atoms with van der Waals surface area (Å²) in [5, 5.41) is 0. The number of aromatic nitrogens is 2. The van der Waals surface area contributed by atoms with E-state index in [1.165, 1.54) is 63.4 Å². The standard InChI is InChI=1S/C18H29N3/c1-2-3-4-5-6-7-8-9-10-12-15-13-11-14-16-17(15)21-18(19)20-16/h11,13-14H,2-10,12H2,1H3,(H3,19,20,21). The average Bonchev–Trinajstić information content (AvgIpc) is 2.86. The molecule has 3 nitrogen and oxygen atoms in total. The number of fused-ring (bicyclic) bond motifs is 1. The first kappa shape index (κ1) is 15.9. The third-order valence-corrected chi connectivity index (χ3v) is 4.17. The molecule has 0 aliphatic heterocycles. The van der Waals surface area contributed by atoms with E-state index in [-0.39, 0.29) is 0 Å². The summed E-state index contributed by atoms with van der Waals surface area (Å²) in [6.07, 6.45) is 13.4. The molecule has 3 heteroatoms. The Morgan fingerprint density at radius 2 is 1.62 bits per heavy atom. The monoisotopic (exact) mass is 287 g/mol. The molecule has 0 radical (unpaired) electrons. The van der Waals surface area contributed by atoms with Gasteiger partial charge in [0.1, 0.15) is 0 Å². The number of hydrogen-bond acceptors (Lipinski definition) is 2. The molecule has 0 bridgehead atoms. The second-order valence-corrected chi connectivity index (χ2v) is 6.01. The summed E-state index contributed by atoms with van der Waals surface area (Å²) < 4.78 is 0. The minimum Gasteiger partial charge on any atom is -0.369 e. The lowest BCUT2D eigenvalue weighted by atomic mass is 10.0. The fraction of sp³-hybridized carbons (Fsp3) is 0.611. The van der Waals surface area contributed by atoms with E-state index < -0.39 is 0 Å². The van der Waals surface area contributed by atoms with E-state index in [9.17, 15) is 0 Å². The normalized spacial score (nSPS) is 11.3. The van der Waals surface area contributed by atoms with Crippen molar-refractivity contribution in [1.29, 1.82) is 0 Å². The summed E-state index contributed by atoms with van der Waals surface area (Å²) >= 11 is 0. The molecule has 0 spiro atoms. The van der Waals surface area contributed by atoms with Gasteiger partial charge in [0.05, 0.1) is 11.0 Å². The highest BCUT2D eigenvalue weighted by Crippen LogP contribution is 2.20. The van der Waals surface area contributed by atoms with Crippen LogP contribution >= 0.6 is 0 Å². The van der Waals surface area contributed by atoms with Crippen molar-refractivity contribution in [3.63, 3.8) is 0 Å². The summed E-state index contributed by atoms with van der Waals surface area (Å²) in [4.78, 5) is 7.46. The van der Waals surface area contributed by atoms with E-state index in [1.807, 2.05) is 6.07 Å². The number of aromatic amines is 1. The zero-order chi connectivity index (χ0) is 14.9. The Bertz CT molecular complexity index is 530. The second-order valence-electron chi connectivity index (χ2n) is 6.01. The summed E-state index contributed by atoms with van der Waals surface area (Å²) in [6, 6.07) is 6.28. The van der Waals surface area contributed by atoms with Crippen LogP contribution in [0.15, 0.2) is 18.2 Å². The second kappa shape index (κ2) is 8.71. The summed E-state index contributed by atoms with van der Waals surface area (Å²) in [7, 11) is 0. The number of imidazole rings is 1. The van der Waals surface area contributed by atoms with Crippen LogP contribution in [0.5, 0.6) is 0 Å². The van der Waals surface area contributed by atoms with Crippen molar-refractivity contribution in [2.24, 2.45) is 0 Å². The van der Waals surface area contributed by atoms with Gasteiger partial charge in [0.15, 0.2) is 5.95 Å². The molecule has 0 fully saturated rings. The molecule has 3 N–H and O–H groups in total. The number of nitrogens with one attached hydrogen (secondary N) is 1. The lowest BCUT2D eigenvalue weighted by Crippen LogP contribution is -1.89. The number of para-hydroxylation sites is 1. The van der Waals surface area contributed by atoms with E-state index in [0.717, 1.165) is 17.5 Å². The van der Waals surface area contributed by atoms with Gasteiger partial charge < -0.3 is 10.7 Å². The van der Waals surface area contributed by atoms with Gasteiger partial charge in [0.25, 0.3) is 0 Å². The molecule has 1 heterocycles. The Kier molecular flexibility index (Phi) is 6.58. The van der Waals surface area contributed by atoms with Crippen LogP contribution in [0.3, 0.4) is 0 Å². The van der Waals surface area contributed by atoms with Gasteiger partial charge in [-0.2, -0.15) is 0 Å². The van der Waals surface area contributed by atoms with Crippen molar-refractivity contribution in [2.75, 3.05) is 5.73 Å². The topological polar surface area (TPSA) is 54.7 Å². The highest BCUT2D eigenvalue weighted by molar-refractivity contribution is 5.80. The van der Waals surface area contributed by atoms with Gasteiger partial charge in [-0.3, -0.25) is 0 Å². The third-order valence-electron chi connectivity index (χ3n) is 4.17. The first-order valence-electron chi connectivity index (χ1n) is 8.54. The molecule has 2 rings (SSSR count). The van der Waals surface area contributed by atoms with Crippen molar-refractivity contribution in [2.45, 2.75) is 71.1 Å². The molecule has 0 saturated heterocycles. The molecule has 1 aromatic carbocycles. The summed E-state index contributed by atoms with van der Waals surface area (Å²) in [5.74, 6) is 0.518. The fourth-order valence-electron chi connectivity index (χ4n) is 2.94. The number of benzene rings is 1. The van der Waals surface area contributed by atoms with Gasteiger partial charge in [-0.25, -0.2) is 4.98 Å². The molecule has 0 saturated carbocycles. The largest absolute Gasteiger partial charge is 0.369 e. The third kappa shape index (κ3) is 5.07. The molecule has 1 aromatic heterocycles. The van der Waals surface area contributed by atoms with Crippen molar-refractivity contribution in [3.05, 3.63) is 23.8 Å². The van der Waals surface area contributed by atoms with Crippen molar-refractivity contribution >= 4 is 17.0 Å². The molecular weight excluding hydrogens is 258 g/mol. The zero-order valence-corrected chi connectivity index (χ0v) is 13.3. The van der Waals surface area contributed by atoms with Gasteiger partial charge in [-0.1, -0.05) is 70.4 Å². The van der Waals surface area contributed by atoms with Gasteiger partial charge >= 0.3 is 0 Å². The fourth-order valence-corrected chi connectivity index (χ4v) is 2.94. The zero-order valence-electron chi connectivity index (χ0n) is 13.3. The van der Waals surface area contributed by atoms with Crippen LogP contribution in [0.4, 0.5) is 5.95 Å². The molecule has 0 aliphatic rings. The van der Waals surface area contributed by atoms with E-state index in [4.69, 9.17) is 5.73 Å². The highest BCUT2D eigenvalue weighted by Gasteiger charge is 2.04. The van der Waals surface area contributed by atoms with E-state index in [0.29, 0.717) is 5.95 Å². The smallest absolute Gasteiger partial charge is 0.198 e. The van der Waals surface area contributed by atoms with Gasteiger partial charge in [0.2, 0.25) is 0 Å². The first-order chi connectivity index (χ1) is 10.3. The van der Waals surface area contributed by atoms with E-state index >= 15 is 0 Å². The predicted octanol–water partition coefficient (Wildman–Crippen LogP) is 5.22. The maximum atomic E-state index is 5.74. The Hall–Kier alpha value is -1.51. The lowest BCUT2D eigenvalue weighted by Gasteiger charge is -2.04. The number of aryl methyl sites for hydroxylation is 1. The molecule has 0 amide bonds. The number of nitrogens with two attached hydrogens (primary N) is 1. The van der Waals surface area contributed by atoms with Crippen molar-refractivity contribution in [1.82, 2.24) is 9.97 Å². The Balaban J connectivity index is 1.64. The Morgan fingerprint density at radius 1 is 0.952 bits per heavy atom. The number of hydrogen-bond donors (Lipinski definition) is 2. The SMILES string of the molecule is CCCCCCCCCCCc1cccc2nc(N)[nH]c12. The maximum absolute atomic E-state index is 5.74. The minimum atomic E-state index is 0.518. The average molecular weight is 287 g/mol. The molecule has 0 atom stereocenters. The number of H-pyrrole nitrogens is 1. The number of nitrogen functional groups attached to an aromatic ring is 1. The molecule has 21 heavy (non-hydrogen) atoms.